The van der Waals surface area contributed by atoms with Gasteiger partial charge in [0.1, 0.15) is 0 Å². The van der Waals surface area contributed by atoms with Crippen molar-refractivity contribution in [2.45, 2.75) is 26.3 Å². The van der Waals surface area contributed by atoms with E-state index in [0.717, 1.165) is 31.1 Å². The fourth-order valence-corrected chi connectivity index (χ4v) is 2.22. The highest BCUT2D eigenvalue weighted by Gasteiger charge is 2.22. The fourth-order valence-electron chi connectivity index (χ4n) is 2.22. The van der Waals surface area contributed by atoms with Crippen molar-refractivity contribution in [2.24, 2.45) is 0 Å². The van der Waals surface area contributed by atoms with E-state index in [1.165, 1.54) is 17.7 Å². The Morgan fingerprint density at radius 3 is 3.31 bits per heavy atom. The maximum Gasteiger partial charge on any atom is 0.156 e. The van der Waals surface area contributed by atoms with Crippen molar-refractivity contribution < 1.29 is 4.52 Å². The molecule has 2 aromatic rings. The lowest BCUT2D eigenvalue weighted by atomic mass is 10.1. The van der Waals surface area contributed by atoms with Gasteiger partial charge in [-0.2, -0.15) is 5.10 Å². The second-order valence-corrected chi connectivity index (χ2v) is 4.15. The topological polar surface area (TPSA) is 58.0 Å². The molecule has 2 aromatic heterocycles. The molecule has 3 rings (SSSR count). The summed E-state index contributed by atoms with van der Waals surface area (Å²) in [4.78, 5) is 2.24. The van der Waals surface area contributed by atoms with Gasteiger partial charge in [0.05, 0.1) is 12.7 Å². The molecule has 0 fully saturated rings. The third-order valence-corrected chi connectivity index (χ3v) is 3.04. The molecule has 5 heteroatoms. The highest BCUT2D eigenvalue weighted by molar-refractivity contribution is 5.51. The highest BCUT2D eigenvalue weighted by Crippen LogP contribution is 2.27. The lowest BCUT2D eigenvalue weighted by molar-refractivity contribution is 0.379. The molecule has 0 saturated carbocycles. The van der Waals surface area contributed by atoms with Gasteiger partial charge < -0.3 is 9.42 Å². The van der Waals surface area contributed by atoms with E-state index < -0.39 is 0 Å². The molecule has 84 valence electrons. The zero-order valence-electron chi connectivity index (χ0n) is 9.23. The molecule has 0 atom stereocenters. The monoisotopic (exact) mass is 218 g/mol. The molecular weight excluding hydrogens is 204 g/mol. The molecule has 0 aliphatic carbocycles. The van der Waals surface area contributed by atoms with Crippen molar-refractivity contribution >= 4 is 5.82 Å². The van der Waals surface area contributed by atoms with Crippen molar-refractivity contribution in [3.63, 3.8) is 0 Å². The summed E-state index contributed by atoms with van der Waals surface area (Å²) in [7, 11) is 0. The van der Waals surface area contributed by atoms with Gasteiger partial charge >= 0.3 is 0 Å². The Bertz CT molecular complexity index is 474. The number of aromatic nitrogens is 3. The molecule has 0 saturated heterocycles. The largest absolute Gasteiger partial charge is 0.360 e. The smallest absolute Gasteiger partial charge is 0.156 e. The number of nitrogens with zero attached hydrogens (tertiary/aromatic N) is 3. The van der Waals surface area contributed by atoms with E-state index >= 15 is 0 Å². The Labute approximate surface area is 93.4 Å². The summed E-state index contributed by atoms with van der Waals surface area (Å²) in [5.41, 5.74) is 2.52. The number of aryl methyl sites for hydroxylation is 1. The van der Waals surface area contributed by atoms with Gasteiger partial charge in [-0.25, -0.2) is 0 Å². The number of H-pyrrole nitrogens is 1. The summed E-state index contributed by atoms with van der Waals surface area (Å²) in [6, 6.07) is 1.90. The summed E-state index contributed by atoms with van der Waals surface area (Å²) in [5.74, 6) is 1.95. The van der Waals surface area contributed by atoms with Gasteiger partial charge in [0.25, 0.3) is 0 Å². The number of anilines is 1. The number of aromatic amines is 1. The Balaban J connectivity index is 1.87. The van der Waals surface area contributed by atoms with Crippen LogP contribution < -0.4 is 4.90 Å². The third-order valence-electron chi connectivity index (χ3n) is 3.04. The normalized spacial score (nSPS) is 15.2. The third kappa shape index (κ3) is 1.48. The van der Waals surface area contributed by atoms with Gasteiger partial charge in [-0.05, 0) is 19.8 Å². The Morgan fingerprint density at radius 1 is 1.56 bits per heavy atom. The molecule has 0 spiro atoms. The van der Waals surface area contributed by atoms with E-state index in [0.29, 0.717) is 0 Å². The van der Waals surface area contributed by atoms with Crippen LogP contribution in [-0.4, -0.2) is 21.9 Å². The van der Waals surface area contributed by atoms with Crippen LogP contribution in [0.4, 0.5) is 5.82 Å². The predicted octanol–water partition coefficient (Wildman–Crippen LogP) is 1.66. The number of nitrogens with one attached hydrogen (secondary N) is 1. The molecule has 0 unspecified atom stereocenters. The molecule has 1 aliphatic rings. The van der Waals surface area contributed by atoms with Crippen LogP contribution in [0.25, 0.3) is 0 Å². The second kappa shape index (κ2) is 3.66. The van der Waals surface area contributed by atoms with Crippen LogP contribution in [0.2, 0.25) is 0 Å². The molecule has 0 aromatic carbocycles. The lowest BCUT2D eigenvalue weighted by Crippen LogP contribution is -2.28. The fraction of sp³-hybridized carbons (Fsp3) is 0.455. The molecule has 1 N–H and O–H groups in total. The zero-order valence-corrected chi connectivity index (χ0v) is 9.23. The molecule has 0 amide bonds. The van der Waals surface area contributed by atoms with Crippen molar-refractivity contribution in [3.05, 3.63) is 29.3 Å². The van der Waals surface area contributed by atoms with Crippen molar-refractivity contribution in [1.82, 2.24) is 15.4 Å². The highest BCUT2D eigenvalue weighted by atomic mass is 16.5. The molecule has 16 heavy (non-hydrogen) atoms. The maximum absolute atomic E-state index is 5.13. The van der Waals surface area contributed by atoms with Crippen LogP contribution in [-0.2, 0) is 13.0 Å². The SMILES string of the molecule is Cc1[nH]nc2c1CCCN2Cc1ccno1. The van der Waals surface area contributed by atoms with Gasteiger partial charge in [-0.15, -0.1) is 0 Å². The van der Waals surface area contributed by atoms with Gasteiger partial charge in [0.15, 0.2) is 11.6 Å². The van der Waals surface area contributed by atoms with Crippen LogP contribution >= 0.6 is 0 Å². The quantitative estimate of drug-likeness (QED) is 0.832. The maximum atomic E-state index is 5.13. The summed E-state index contributed by atoms with van der Waals surface area (Å²) in [6.07, 6.45) is 3.96. The number of hydrogen-bond acceptors (Lipinski definition) is 4. The van der Waals surface area contributed by atoms with Gasteiger partial charge in [0.2, 0.25) is 0 Å². The molecule has 0 bridgehead atoms. The molecular formula is C11H14N4O. The first kappa shape index (κ1) is 9.45. The summed E-state index contributed by atoms with van der Waals surface area (Å²) in [6.45, 7) is 3.85. The molecule has 3 heterocycles. The molecule has 5 nitrogen and oxygen atoms in total. The number of fused-ring (bicyclic) bond motifs is 1. The minimum Gasteiger partial charge on any atom is -0.360 e. The van der Waals surface area contributed by atoms with Crippen molar-refractivity contribution in [2.75, 3.05) is 11.4 Å². The van der Waals surface area contributed by atoms with E-state index in [1.54, 1.807) is 6.20 Å². The van der Waals surface area contributed by atoms with E-state index in [1.807, 2.05) is 6.07 Å². The van der Waals surface area contributed by atoms with Crippen molar-refractivity contribution in [3.8, 4) is 0 Å². The van der Waals surface area contributed by atoms with Crippen LogP contribution in [0.15, 0.2) is 16.8 Å². The minimum absolute atomic E-state index is 0.747. The first-order chi connectivity index (χ1) is 7.84. The average molecular weight is 218 g/mol. The van der Waals surface area contributed by atoms with Gasteiger partial charge in [-0.1, -0.05) is 5.16 Å². The van der Waals surface area contributed by atoms with Crippen LogP contribution in [0.1, 0.15) is 23.4 Å². The van der Waals surface area contributed by atoms with E-state index in [9.17, 15) is 0 Å². The van der Waals surface area contributed by atoms with E-state index in [2.05, 4.69) is 27.2 Å². The average Bonchev–Trinajstić information content (AvgIpc) is 2.90. The van der Waals surface area contributed by atoms with Gasteiger partial charge in [0, 0.05) is 23.9 Å². The minimum atomic E-state index is 0.747. The number of rotatable bonds is 2. The zero-order chi connectivity index (χ0) is 11.0. The Morgan fingerprint density at radius 2 is 2.50 bits per heavy atom. The van der Waals surface area contributed by atoms with Crippen LogP contribution in [0.3, 0.4) is 0 Å². The summed E-state index contributed by atoms with van der Waals surface area (Å²) in [5, 5.41) is 11.1. The lowest BCUT2D eigenvalue weighted by Gasteiger charge is -2.26. The summed E-state index contributed by atoms with van der Waals surface area (Å²) < 4.78 is 5.13. The summed E-state index contributed by atoms with van der Waals surface area (Å²) >= 11 is 0. The van der Waals surface area contributed by atoms with Crippen LogP contribution in [0.5, 0.6) is 0 Å². The molecule has 1 aliphatic heterocycles. The Hall–Kier alpha value is -1.78. The second-order valence-electron chi connectivity index (χ2n) is 4.15. The van der Waals surface area contributed by atoms with Crippen molar-refractivity contribution in [1.29, 1.82) is 0 Å². The van der Waals surface area contributed by atoms with Gasteiger partial charge in [-0.3, -0.25) is 5.10 Å². The first-order valence-electron chi connectivity index (χ1n) is 5.53. The number of hydrogen-bond donors (Lipinski definition) is 1. The van der Waals surface area contributed by atoms with E-state index in [4.69, 9.17) is 4.52 Å². The molecule has 0 radical (unpaired) electrons. The first-order valence-corrected chi connectivity index (χ1v) is 5.53. The van der Waals surface area contributed by atoms with E-state index in [-0.39, 0.29) is 0 Å². The predicted molar refractivity (Wildman–Crippen MR) is 59.2 cm³/mol. The standard InChI is InChI=1S/C11H14N4O/c1-8-10-3-2-6-15(11(10)14-13-8)7-9-4-5-12-16-9/h4-5H,2-3,6-7H2,1H3,(H,13,14). The van der Waals surface area contributed by atoms with Crippen LogP contribution in [0, 0.1) is 6.92 Å². The Kier molecular flexibility index (Phi) is 2.16.